The first kappa shape index (κ1) is 13.3. The van der Waals surface area contributed by atoms with Crippen LogP contribution in [-0.4, -0.2) is 6.54 Å². The smallest absolute Gasteiger partial charge is 0.0656 e. The van der Waals surface area contributed by atoms with Gasteiger partial charge in [-0.1, -0.05) is 29.3 Å². The van der Waals surface area contributed by atoms with Crippen molar-refractivity contribution in [3.63, 3.8) is 0 Å². The molecule has 0 amide bonds. The molecule has 0 spiro atoms. The van der Waals surface area contributed by atoms with Gasteiger partial charge in [-0.2, -0.15) is 0 Å². The zero-order chi connectivity index (χ0) is 14.3. The largest absolute Gasteiger partial charge is 0.398 e. The van der Waals surface area contributed by atoms with Crippen LogP contribution in [0.2, 0.25) is 5.02 Å². The molecular weight excluding hydrogens is 268 g/mol. The number of benzene rings is 2. The van der Waals surface area contributed by atoms with Gasteiger partial charge in [-0.05, 0) is 56.0 Å². The molecule has 1 aliphatic rings. The molecule has 20 heavy (non-hydrogen) atoms. The maximum Gasteiger partial charge on any atom is 0.0656 e. The van der Waals surface area contributed by atoms with Crippen molar-refractivity contribution < 1.29 is 0 Å². The van der Waals surface area contributed by atoms with Crippen LogP contribution in [0.3, 0.4) is 0 Å². The summed E-state index contributed by atoms with van der Waals surface area (Å²) < 4.78 is 0. The highest BCUT2D eigenvalue weighted by Gasteiger charge is 2.20. The minimum absolute atomic E-state index is 0.629. The SMILES string of the molecule is Cc1ccc2c(c1)CCCN2c1cc(Cl)c(N)cc1C. The first-order chi connectivity index (χ1) is 9.56. The van der Waals surface area contributed by atoms with Crippen LogP contribution in [0.5, 0.6) is 0 Å². The van der Waals surface area contributed by atoms with Gasteiger partial charge in [0.05, 0.1) is 10.7 Å². The molecule has 1 aliphatic heterocycles. The summed E-state index contributed by atoms with van der Waals surface area (Å²) in [5, 5.41) is 0.629. The highest BCUT2D eigenvalue weighted by atomic mass is 35.5. The van der Waals surface area contributed by atoms with Gasteiger partial charge in [-0.3, -0.25) is 0 Å². The number of rotatable bonds is 1. The van der Waals surface area contributed by atoms with E-state index in [2.05, 4.69) is 36.9 Å². The van der Waals surface area contributed by atoms with Crippen molar-refractivity contribution in [1.82, 2.24) is 0 Å². The van der Waals surface area contributed by atoms with Gasteiger partial charge in [0.25, 0.3) is 0 Å². The Labute approximate surface area is 125 Å². The maximum absolute atomic E-state index is 6.21. The topological polar surface area (TPSA) is 29.3 Å². The minimum Gasteiger partial charge on any atom is -0.398 e. The lowest BCUT2D eigenvalue weighted by Crippen LogP contribution is -2.25. The lowest BCUT2D eigenvalue weighted by atomic mass is 9.98. The van der Waals surface area contributed by atoms with Crippen LogP contribution in [0.25, 0.3) is 0 Å². The zero-order valence-electron chi connectivity index (χ0n) is 11.9. The third kappa shape index (κ3) is 2.25. The van der Waals surface area contributed by atoms with Gasteiger partial charge < -0.3 is 10.6 Å². The van der Waals surface area contributed by atoms with Gasteiger partial charge in [-0.25, -0.2) is 0 Å². The Balaban J connectivity index is 2.11. The number of anilines is 3. The number of hydrogen-bond acceptors (Lipinski definition) is 2. The number of fused-ring (bicyclic) bond motifs is 1. The average Bonchev–Trinajstić information content (AvgIpc) is 2.42. The van der Waals surface area contributed by atoms with Gasteiger partial charge in [0.2, 0.25) is 0 Å². The second kappa shape index (κ2) is 5.02. The van der Waals surface area contributed by atoms with E-state index in [0.717, 1.165) is 25.1 Å². The highest BCUT2D eigenvalue weighted by molar-refractivity contribution is 6.33. The fraction of sp³-hybridized carbons (Fsp3) is 0.294. The molecule has 2 N–H and O–H groups in total. The third-order valence-corrected chi connectivity index (χ3v) is 4.29. The predicted molar refractivity (Wildman–Crippen MR) is 87.1 cm³/mol. The van der Waals surface area contributed by atoms with E-state index in [1.165, 1.54) is 22.4 Å². The van der Waals surface area contributed by atoms with Crippen molar-refractivity contribution >= 4 is 28.7 Å². The molecule has 104 valence electrons. The van der Waals surface area contributed by atoms with E-state index >= 15 is 0 Å². The van der Waals surface area contributed by atoms with Crippen LogP contribution >= 0.6 is 11.6 Å². The van der Waals surface area contributed by atoms with Gasteiger partial charge in [0.15, 0.2) is 0 Å². The normalized spacial score (nSPS) is 14.2. The van der Waals surface area contributed by atoms with E-state index in [9.17, 15) is 0 Å². The molecule has 2 nitrogen and oxygen atoms in total. The number of halogens is 1. The van der Waals surface area contributed by atoms with E-state index < -0.39 is 0 Å². The Kier molecular flexibility index (Phi) is 3.35. The van der Waals surface area contributed by atoms with Crippen molar-refractivity contribution in [2.45, 2.75) is 26.7 Å². The monoisotopic (exact) mass is 286 g/mol. The average molecular weight is 287 g/mol. The van der Waals surface area contributed by atoms with Crippen molar-refractivity contribution in [2.75, 3.05) is 17.2 Å². The molecular formula is C17H19ClN2. The standard InChI is InChI=1S/C17H19ClN2/c1-11-5-6-16-13(8-11)4-3-7-20(16)17-10-14(18)15(19)9-12(17)2/h5-6,8-10H,3-4,7,19H2,1-2H3. The third-order valence-electron chi connectivity index (χ3n) is 3.96. The summed E-state index contributed by atoms with van der Waals surface area (Å²) in [6.07, 6.45) is 2.31. The second-order valence-corrected chi connectivity index (χ2v) is 5.95. The Morgan fingerprint density at radius 3 is 2.70 bits per heavy atom. The molecule has 2 aromatic carbocycles. The predicted octanol–water partition coefficient (Wildman–Crippen LogP) is 4.62. The molecule has 3 heteroatoms. The van der Waals surface area contributed by atoms with Gasteiger partial charge in [-0.15, -0.1) is 0 Å². The Bertz CT molecular complexity index is 664. The fourth-order valence-corrected chi connectivity index (χ4v) is 3.12. The van der Waals surface area contributed by atoms with Gasteiger partial charge >= 0.3 is 0 Å². The van der Waals surface area contributed by atoms with Crippen LogP contribution < -0.4 is 10.6 Å². The molecule has 1 heterocycles. The zero-order valence-corrected chi connectivity index (χ0v) is 12.7. The summed E-state index contributed by atoms with van der Waals surface area (Å²) in [6, 6.07) is 10.6. The Hall–Kier alpha value is -1.67. The molecule has 0 fully saturated rings. The van der Waals surface area contributed by atoms with Crippen LogP contribution in [0.1, 0.15) is 23.1 Å². The van der Waals surface area contributed by atoms with E-state index in [0.29, 0.717) is 10.7 Å². The van der Waals surface area contributed by atoms with Crippen molar-refractivity contribution in [3.8, 4) is 0 Å². The number of nitrogen functional groups attached to an aromatic ring is 1. The molecule has 0 saturated heterocycles. The summed E-state index contributed by atoms with van der Waals surface area (Å²) in [5.41, 5.74) is 12.9. The van der Waals surface area contributed by atoms with E-state index in [1.807, 2.05) is 12.1 Å². The fourth-order valence-electron chi connectivity index (χ4n) is 2.96. The highest BCUT2D eigenvalue weighted by Crippen LogP contribution is 2.38. The van der Waals surface area contributed by atoms with Crippen molar-refractivity contribution in [2.24, 2.45) is 0 Å². The first-order valence-corrected chi connectivity index (χ1v) is 7.37. The first-order valence-electron chi connectivity index (χ1n) is 6.99. The Morgan fingerprint density at radius 1 is 1.10 bits per heavy atom. The summed E-state index contributed by atoms with van der Waals surface area (Å²) >= 11 is 6.21. The molecule has 0 aliphatic carbocycles. The molecule has 0 atom stereocenters. The lowest BCUT2D eigenvalue weighted by Gasteiger charge is -2.33. The van der Waals surface area contributed by atoms with Crippen molar-refractivity contribution in [1.29, 1.82) is 0 Å². The molecule has 0 saturated carbocycles. The lowest BCUT2D eigenvalue weighted by molar-refractivity contribution is 0.764. The minimum atomic E-state index is 0.629. The molecule has 0 bridgehead atoms. The summed E-state index contributed by atoms with van der Waals surface area (Å²) in [7, 11) is 0. The summed E-state index contributed by atoms with van der Waals surface area (Å²) in [5.74, 6) is 0. The van der Waals surface area contributed by atoms with Crippen LogP contribution in [-0.2, 0) is 6.42 Å². The van der Waals surface area contributed by atoms with Crippen molar-refractivity contribution in [3.05, 3.63) is 52.0 Å². The van der Waals surface area contributed by atoms with E-state index in [1.54, 1.807) is 0 Å². The molecule has 2 aromatic rings. The number of hydrogen-bond donors (Lipinski definition) is 1. The second-order valence-electron chi connectivity index (χ2n) is 5.55. The van der Waals surface area contributed by atoms with Crippen LogP contribution in [0, 0.1) is 13.8 Å². The number of aryl methyl sites for hydroxylation is 3. The maximum atomic E-state index is 6.21. The molecule has 0 unspecified atom stereocenters. The van der Waals surface area contributed by atoms with Gasteiger partial charge in [0, 0.05) is 17.9 Å². The van der Waals surface area contributed by atoms with E-state index in [4.69, 9.17) is 17.3 Å². The Morgan fingerprint density at radius 2 is 1.90 bits per heavy atom. The van der Waals surface area contributed by atoms with Gasteiger partial charge in [0.1, 0.15) is 0 Å². The number of nitrogens with two attached hydrogens (primary N) is 1. The summed E-state index contributed by atoms with van der Waals surface area (Å²) in [6.45, 7) is 5.26. The summed E-state index contributed by atoms with van der Waals surface area (Å²) in [4.78, 5) is 2.36. The van der Waals surface area contributed by atoms with E-state index in [-0.39, 0.29) is 0 Å². The quantitative estimate of drug-likeness (QED) is 0.775. The van der Waals surface area contributed by atoms with Crippen LogP contribution in [0.4, 0.5) is 17.1 Å². The molecule has 0 radical (unpaired) electrons. The molecule has 3 rings (SSSR count). The van der Waals surface area contributed by atoms with Crippen LogP contribution in [0.15, 0.2) is 30.3 Å². The number of nitrogens with zero attached hydrogens (tertiary/aromatic N) is 1. The molecule has 0 aromatic heterocycles.